The lowest BCUT2D eigenvalue weighted by molar-refractivity contribution is 0.372. The number of aromatic nitrogens is 2. The van der Waals surface area contributed by atoms with Crippen LogP contribution in [0, 0.1) is 12.8 Å². The van der Waals surface area contributed by atoms with E-state index >= 15 is 0 Å². The van der Waals surface area contributed by atoms with E-state index in [0.29, 0.717) is 0 Å². The van der Waals surface area contributed by atoms with Gasteiger partial charge in [-0.25, -0.2) is 4.68 Å². The van der Waals surface area contributed by atoms with E-state index in [0.717, 1.165) is 11.6 Å². The molecule has 1 aliphatic heterocycles. The minimum absolute atomic E-state index is 0.846. The molecule has 3 heteroatoms. The molecule has 3 nitrogen and oxygen atoms in total. The monoisotopic (exact) mass is 255 g/mol. The van der Waals surface area contributed by atoms with Crippen molar-refractivity contribution in [3.63, 3.8) is 0 Å². The average Bonchev–Trinajstić information content (AvgIpc) is 2.87. The molecule has 0 aliphatic carbocycles. The Morgan fingerprint density at radius 1 is 1.21 bits per heavy atom. The zero-order chi connectivity index (χ0) is 13.1. The highest BCUT2D eigenvalue weighted by Gasteiger charge is 2.13. The van der Waals surface area contributed by atoms with Crippen LogP contribution in [0.15, 0.2) is 36.7 Å². The van der Waals surface area contributed by atoms with Crippen LogP contribution in [0.3, 0.4) is 0 Å². The maximum atomic E-state index is 4.34. The molecule has 2 heterocycles. The SMILES string of the molecule is Cc1cnn(-c2ccc(CC3CCNCC3)cc2)c1. The van der Waals surface area contributed by atoms with Crippen LogP contribution in [0.2, 0.25) is 0 Å². The van der Waals surface area contributed by atoms with E-state index in [1.807, 2.05) is 10.9 Å². The molecule has 0 saturated carbocycles. The van der Waals surface area contributed by atoms with Crippen molar-refractivity contribution in [1.82, 2.24) is 15.1 Å². The molecule has 0 atom stereocenters. The van der Waals surface area contributed by atoms with Crippen molar-refractivity contribution in [2.45, 2.75) is 26.2 Å². The summed E-state index contributed by atoms with van der Waals surface area (Å²) in [5.74, 6) is 0.846. The van der Waals surface area contributed by atoms with Gasteiger partial charge in [-0.2, -0.15) is 5.10 Å². The summed E-state index contributed by atoms with van der Waals surface area (Å²) in [4.78, 5) is 0. The van der Waals surface area contributed by atoms with Gasteiger partial charge in [-0.05, 0) is 68.5 Å². The maximum absolute atomic E-state index is 4.34. The van der Waals surface area contributed by atoms with Crippen LogP contribution in [0.4, 0.5) is 0 Å². The van der Waals surface area contributed by atoms with Gasteiger partial charge in [0.15, 0.2) is 0 Å². The van der Waals surface area contributed by atoms with Crippen LogP contribution in [0.5, 0.6) is 0 Å². The molecule has 1 fully saturated rings. The zero-order valence-electron chi connectivity index (χ0n) is 11.5. The van der Waals surface area contributed by atoms with Gasteiger partial charge < -0.3 is 5.32 Å². The fourth-order valence-corrected chi connectivity index (χ4v) is 2.76. The first-order chi connectivity index (χ1) is 9.31. The molecule has 1 aromatic heterocycles. The lowest BCUT2D eigenvalue weighted by Gasteiger charge is -2.22. The number of piperidine rings is 1. The van der Waals surface area contributed by atoms with Gasteiger partial charge in [-0.3, -0.25) is 0 Å². The summed E-state index contributed by atoms with van der Waals surface area (Å²) in [6.45, 7) is 4.42. The van der Waals surface area contributed by atoms with Crippen molar-refractivity contribution in [3.8, 4) is 5.69 Å². The van der Waals surface area contributed by atoms with E-state index in [1.54, 1.807) is 0 Å². The lowest BCUT2D eigenvalue weighted by atomic mass is 9.91. The predicted molar refractivity (Wildman–Crippen MR) is 77.6 cm³/mol. The van der Waals surface area contributed by atoms with Crippen molar-refractivity contribution in [2.75, 3.05) is 13.1 Å². The van der Waals surface area contributed by atoms with E-state index in [1.165, 1.54) is 43.5 Å². The minimum atomic E-state index is 0.846. The molecular formula is C16H21N3. The molecular weight excluding hydrogens is 234 g/mol. The predicted octanol–water partition coefficient (Wildman–Crippen LogP) is 2.72. The van der Waals surface area contributed by atoms with Crippen LogP contribution >= 0.6 is 0 Å². The van der Waals surface area contributed by atoms with Gasteiger partial charge in [0.05, 0.1) is 11.9 Å². The van der Waals surface area contributed by atoms with Crippen molar-refractivity contribution in [3.05, 3.63) is 47.8 Å². The fourth-order valence-electron chi connectivity index (χ4n) is 2.76. The van der Waals surface area contributed by atoms with Crippen molar-refractivity contribution >= 4 is 0 Å². The molecule has 0 bridgehead atoms. The van der Waals surface area contributed by atoms with Gasteiger partial charge in [0.25, 0.3) is 0 Å². The highest BCUT2D eigenvalue weighted by atomic mass is 15.3. The van der Waals surface area contributed by atoms with Gasteiger partial charge in [-0.1, -0.05) is 12.1 Å². The number of benzene rings is 1. The largest absolute Gasteiger partial charge is 0.317 e. The normalized spacial score (nSPS) is 16.7. The summed E-state index contributed by atoms with van der Waals surface area (Å²) < 4.78 is 1.93. The highest BCUT2D eigenvalue weighted by molar-refractivity contribution is 5.34. The molecule has 3 rings (SSSR count). The smallest absolute Gasteiger partial charge is 0.0645 e. The molecule has 0 amide bonds. The molecule has 1 N–H and O–H groups in total. The third kappa shape index (κ3) is 3.04. The summed E-state index contributed by atoms with van der Waals surface area (Å²) in [7, 11) is 0. The highest BCUT2D eigenvalue weighted by Crippen LogP contribution is 2.19. The Hall–Kier alpha value is -1.61. The van der Waals surface area contributed by atoms with Gasteiger partial charge in [-0.15, -0.1) is 0 Å². The molecule has 100 valence electrons. The third-order valence-corrected chi connectivity index (χ3v) is 3.90. The Morgan fingerprint density at radius 3 is 2.58 bits per heavy atom. The molecule has 1 aliphatic rings. The van der Waals surface area contributed by atoms with Crippen molar-refractivity contribution in [2.24, 2.45) is 5.92 Å². The van der Waals surface area contributed by atoms with E-state index in [4.69, 9.17) is 0 Å². The van der Waals surface area contributed by atoms with Crippen LogP contribution in [0.1, 0.15) is 24.0 Å². The molecule has 1 saturated heterocycles. The quantitative estimate of drug-likeness (QED) is 0.914. The van der Waals surface area contributed by atoms with Crippen LogP contribution in [0.25, 0.3) is 5.69 Å². The first kappa shape index (κ1) is 12.4. The summed E-state index contributed by atoms with van der Waals surface area (Å²) in [5, 5.41) is 7.76. The number of aryl methyl sites for hydroxylation is 1. The number of rotatable bonds is 3. The Morgan fingerprint density at radius 2 is 1.95 bits per heavy atom. The van der Waals surface area contributed by atoms with Crippen LogP contribution in [-0.4, -0.2) is 22.9 Å². The Kier molecular flexibility index (Phi) is 3.65. The second kappa shape index (κ2) is 5.57. The summed E-state index contributed by atoms with van der Waals surface area (Å²) in [5.41, 5.74) is 3.78. The van der Waals surface area contributed by atoms with E-state index in [9.17, 15) is 0 Å². The summed E-state index contributed by atoms with van der Waals surface area (Å²) in [6, 6.07) is 8.83. The maximum Gasteiger partial charge on any atom is 0.0645 e. The number of hydrogen-bond donors (Lipinski definition) is 1. The summed E-state index contributed by atoms with van der Waals surface area (Å²) in [6.07, 6.45) is 7.77. The molecule has 2 aromatic rings. The zero-order valence-corrected chi connectivity index (χ0v) is 11.5. The molecule has 0 unspecified atom stereocenters. The second-order valence-corrected chi connectivity index (χ2v) is 5.53. The second-order valence-electron chi connectivity index (χ2n) is 5.53. The molecule has 0 radical (unpaired) electrons. The van der Waals surface area contributed by atoms with E-state index in [2.05, 4.69) is 47.8 Å². The number of nitrogens with one attached hydrogen (secondary N) is 1. The Bertz CT molecular complexity index is 521. The topological polar surface area (TPSA) is 29.9 Å². The van der Waals surface area contributed by atoms with Crippen molar-refractivity contribution < 1.29 is 0 Å². The van der Waals surface area contributed by atoms with Crippen LogP contribution < -0.4 is 5.32 Å². The standard InChI is InChI=1S/C16H21N3/c1-13-11-18-19(12-13)16-4-2-14(3-5-16)10-15-6-8-17-9-7-15/h2-5,11-12,15,17H,6-10H2,1H3. The first-order valence-electron chi connectivity index (χ1n) is 7.12. The summed E-state index contributed by atoms with van der Waals surface area (Å²) >= 11 is 0. The Labute approximate surface area is 114 Å². The first-order valence-corrected chi connectivity index (χ1v) is 7.12. The molecule has 19 heavy (non-hydrogen) atoms. The van der Waals surface area contributed by atoms with E-state index in [-0.39, 0.29) is 0 Å². The number of hydrogen-bond acceptors (Lipinski definition) is 2. The van der Waals surface area contributed by atoms with Gasteiger partial charge in [0, 0.05) is 6.20 Å². The molecule has 0 spiro atoms. The van der Waals surface area contributed by atoms with Crippen LogP contribution in [-0.2, 0) is 6.42 Å². The number of nitrogens with zero attached hydrogens (tertiary/aromatic N) is 2. The molecule has 1 aromatic carbocycles. The van der Waals surface area contributed by atoms with Gasteiger partial charge in [0.2, 0.25) is 0 Å². The minimum Gasteiger partial charge on any atom is -0.317 e. The fraction of sp³-hybridized carbons (Fsp3) is 0.438. The lowest BCUT2D eigenvalue weighted by Crippen LogP contribution is -2.28. The van der Waals surface area contributed by atoms with Gasteiger partial charge in [0.1, 0.15) is 0 Å². The van der Waals surface area contributed by atoms with Crippen molar-refractivity contribution in [1.29, 1.82) is 0 Å². The average molecular weight is 255 g/mol. The Balaban J connectivity index is 1.68. The van der Waals surface area contributed by atoms with E-state index < -0.39 is 0 Å². The van der Waals surface area contributed by atoms with Gasteiger partial charge >= 0.3 is 0 Å². The third-order valence-electron chi connectivity index (χ3n) is 3.90.